The zero-order chi connectivity index (χ0) is 18.7. The molecule has 2 heterocycles. The maximum absolute atomic E-state index is 10.2. The van der Waals surface area contributed by atoms with Gasteiger partial charge in [0.05, 0.1) is 13.2 Å². The van der Waals surface area contributed by atoms with Gasteiger partial charge in [-0.05, 0) is 42.3 Å². The average Bonchev–Trinajstić information content (AvgIpc) is 2.72. The molecule has 0 aliphatic carbocycles. The monoisotopic (exact) mass is 371 g/mol. The molecule has 2 N–H and O–H groups in total. The molecule has 1 saturated heterocycles. The molecule has 2 aromatic rings. The van der Waals surface area contributed by atoms with E-state index in [1.807, 2.05) is 30.5 Å². The first-order valence-electron chi connectivity index (χ1n) is 9.59. The minimum absolute atomic E-state index is 0.301. The molecule has 1 fully saturated rings. The molecule has 3 rings (SSSR count). The number of hydrogen-bond donors (Lipinski definition) is 2. The minimum Gasteiger partial charge on any atom is -0.491 e. The molecule has 0 saturated carbocycles. The van der Waals surface area contributed by atoms with Crippen molar-refractivity contribution in [2.75, 3.05) is 46.0 Å². The highest BCUT2D eigenvalue weighted by Crippen LogP contribution is 2.14. The lowest BCUT2D eigenvalue weighted by atomic mass is 10.2. The van der Waals surface area contributed by atoms with Gasteiger partial charge in [0.2, 0.25) is 0 Å². The number of β-amino-alcohol motifs (C(OH)–C–C–N with tert-alkyl or cyclic N) is 1. The van der Waals surface area contributed by atoms with Crippen molar-refractivity contribution in [2.24, 2.45) is 0 Å². The summed E-state index contributed by atoms with van der Waals surface area (Å²) in [5, 5.41) is 13.6. The molecule has 146 valence electrons. The highest BCUT2D eigenvalue weighted by molar-refractivity contribution is 5.28. The Kier molecular flexibility index (Phi) is 8.04. The van der Waals surface area contributed by atoms with E-state index in [-0.39, 0.29) is 0 Å². The smallest absolute Gasteiger partial charge is 0.119 e. The van der Waals surface area contributed by atoms with Crippen LogP contribution < -0.4 is 10.1 Å². The van der Waals surface area contributed by atoms with E-state index >= 15 is 0 Å². The summed E-state index contributed by atoms with van der Waals surface area (Å²) < 4.78 is 11.1. The Morgan fingerprint density at radius 1 is 1.19 bits per heavy atom. The highest BCUT2D eigenvalue weighted by Gasteiger charge is 2.15. The van der Waals surface area contributed by atoms with Gasteiger partial charge in [-0.15, -0.1) is 0 Å². The second-order valence-corrected chi connectivity index (χ2v) is 6.81. The van der Waals surface area contributed by atoms with Crippen molar-refractivity contribution in [3.8, 4) is 5.75 Å². The summed E-state index contributed by atoms with van der Waals surface area (Å²) in [4.78, 5) is 6.34. The molecule has 1 aromatic heterocycles. The predicted octanol–water partition coefficient (Wildman–Crippen LogP) is 1.49. The van der Waals surface area contributed by atoms with Gasteiger partial charge in [0.25, 0.3) is 0 Å². The molecule has 1 aromatic carbocycles. The number of rotatable bonds is 10. The van der Waals surface area contributed by atoms with Crippen molar-refractivity contribution in [3.05, 3.63) is 59.9 Å². The Balaban J connectivity index is 1.36. The Morgan fingerprint density at radius 2 is 2.04 bits per heavy atom. The molecule has 1 atom stereocenters. The number of nitrogens with zero attached hydrogens (tertiary/aromatic N) is 2. The van der Waals surface area contributed by atoms with E-state index in [0.29, 0.717) is 13.2 Å². The Labute approximate surface area is 161 Å². The molecule has 0 spiro atoms. The zero-order valence-electron chi connectivity index (χ0n) is 15.7. The summed E-state index contributed by atoms with van der Waals surface area (Å²) >= 11 is 0. The number of hydrogen-bond acceptors (Lipinski definition) is 6. The van der Waals surface area contributed by atoms with Crippen LogP contribution in [0.15, 0.2) is 48.8 Å². The Bertz CT molecular complexity index is 663. The van der Waals surface area contributed by atoms with Crippen LogP contribution in [0.5, 0.6) is 5.75 Å². The summed E-state index contributed by atoms with van der Waals surface area (Å²) in [6.07, 6.45) is 4.15. The molecule has 6 heteroatoms. The van der Waals surface area contributed by atoms with Crippen LogP contribution in [0.2, 0.25) is 0 Å². The summed E-state index contributed by atoms with van der Waals surface area (Å²) in [6.45, 7) is 5.83. The van der Waals surface area contributed by atoms with Gasteiger partial charge in [0, 0.05) is 38.6 Å². The number of aliphatic hydroxyl groups excluding tert-OH is 1. The van der Waals surface area contributed by atoms with Crippen molar-refractivity contribution in [1.29, 1.82) is 0 Å². The summed E-state index contributed by atoms with van der Waals surface area (Å²) in [5.41, 5.74) is 2.40. The van der Waals surface area contributed by atoms with Crippen molar-refractivity contribution in [2.45, 2.75) is 19.1 Å². The topological polar surface area (TPSA) is 66.9 Å². The van der Waals surface area contributed by atoms with Crippen LogP contribution >= 0.6 is 0 Å². The number of aromatic nitrogens is 1. The van der Waals surface area contributed by atoms with Crippen LogP contribution in [0.25, 0.3) is 0 Å². The lowest BCUT2D eigenvalue weighted by Gasteiger charge is -2.28. The van der Waals surface area contributed by atoms with E-state index in [1.165, 1.54) is 11.1 Å². The Morgan fingerprint density at radius 3 is 2.85 bits per heavy atom. The van der Waals surface area contributed by atoms with Crippen molar-refractivity contribution in [1.82, 2.24) is 15.2 Å². The van der Waals surface area contributed by atoms with Gasteiger partial charge in [-0.1, -0.05) is 18.2 Å². The third-order valence-electron chi connectivity index (χ3n) is 4.56. The molecule has 27 heavy (non-hydrogen) atoms. The highest BCUT2D eigenvalue weighted by atomic mass is 16.5. The molecule has 0 unspecified atom stereocenters. The summed E-state index contributed by atoms with van der Waals surface area (Å²) in [6, 6.07) is 12.1. The van der Waals surface area contributed by atoms with Gasteiger partial charge >= 0.3 is 0 Å². The molecule has 0 radical (unpaired) electrons. The number of nitrogens with one attached hydrogen (secondary N) is 1. The maximum Gasteiger partial charge on any atom is 0.119 e. The first-order valence-corrected chi connectivity index (χ1v) is 9.59. The second kappa shape index (κ2) is 11.0. The first kappa shape index (κ1) is 19.8. The standard InChI is InChI=1S/C21H29N3O3/c25-20(16-24-9-11-26-12-10-24)17-27-21-5-1-3-19(13-21)15-23-8-6-18-4-2-7-22-14-18/h1-5,7,13-14,20,23,25H,6,8-12,15-17H2/t20-/m0/s1. The normalized spacial score (nSPS) is 16.2. The molecule has 6 nitrogen and oxygen atoms in total. The quantitative estimate of drug-likeness (QED) is 0.617. The van der Waals surface area contributed by atoms with Gasteiger partial charge in [-0.25, -0.2) is 0 Å². The molecule has 0 amide bonds. The largest absolute Gasteiger partial charge is 0.491 e. The van der Waals surface area contributed by atoms with Crippen LogP contribution in [0.3, 0.4) is 0 Å². The van der Waals surface area contributed by atoms with E-state index in [9.17, 15) is 5.11 Å². The fraction of sp³-hybridized carbons (Fsp3) is 0.476. The number of morpholine rings is 1. The molecule has 1 aliphatic heterocycles. The van der Waals surface area contributed by atoms with Gasteiger partial charge in [0.15, 0.2) is 0 Å². The van der Waals surface area contributed by atoms with Crippen molar-refractivity contribution in [3.63, 3.8) is 0 Å². The van der Waals surface area contributed by atoms with Gasteiger partial charge in [-0.3, -0.25) is 9.88 Å². The van der Waals surface area contributed by atoms with Crippen molar-refractivity contribution < 1.29 is 14.6 Å². The van der Waals surface area contributed by atoms with Crippen molar-refractivity contribution >= 4 is 0 Å². The van der Waals surface area contributed by atoms with Crippen LogP contribution in [0.4, 0.5) is 0 Å². The number of pyridine rings is 1. The van der Waals surface area contributed by atoms with E-state index in [4.69, 9.17) is 9.47 Å². The van der Waals surface area contributed by atoms with Crippen LogP contribution in [0, 0.1) is 0 Å². The van der Waals surface area contributed by atoms with Gasteiger partial charge in [-0.2, -0.15) is 0 Å². The van der Waals surface area contributed by atoms with E-state index in [0.717, 1.165) is 51.6 Å². The third-order valence-corrected chi connectivity index (χ3v) is 4.56. The van der Waals surface area contributed by atoms with Crippen LogP contribution in [-0.2, 0) is 17.7 Å². The first-order chi connectivity index (χ1) is 13.3. The summed E-state index contributed by atoms with van der Waals surface area (Å²) in [7, 11) is 0. The lowest BCUT2D eigenvalue weighted by molar-refractivity contribution is 0.00465. The molecular formula is C21H29N3O3. The van der Waals surface area contributed by atoms with E-state index in [2.05, 4.69) is 27.3 Å². The predicted molar refractivity (Wildman–Crippen MR) is 105 cm³/mol. The maximum atomic E-state index is 10.2. The fourth-order valence-corrected chi connectivity index (χ4v) is 3.08. The zero-order valence-corrected chi connectivity index (χ0v) is 15.7. The van der Waals surface area contributed by atoms with Crippen LogP contribution in [-0.4, -0.2) is 67.1 Å². The number of benzene rings is 1. The van der Waals surface area contributed by atoms with Crippen LogP contribution in [0.1, 0.15) is 11.1 Å². The minimum atomic E-state index is -0.496. The van der Waals surface area contributed by atoms with Gasteiger partial charge in [0.1, 0.15) is 18.5 Å². The van der Waals surface area contributed by atoms with E-state index in [1.54, 1.807) is 6.20 Å². The second-order valence-electron chi connectivity index (χ2n) is 6.81. The number of aliphatic hydroxyl groups is 1. The molecular weight excluding hydrogens is 342 g/mol. The average molecular weight is 371 g/mol. The number of ether oxygens (including phenoxy) is 2. The summed E-state index contributed by atoms with van der Waals surface area (Å²) in [5.74, 6) is 0.794. The van der Waals surface area contributed by atoms with E-state index < -0.39 is 6.10 Å². The molecule has 0 bridgehead atoms. The molecule has 1 aliphatic rings. The Hall–Kier alpha value is -1.99. The SMILES string of the molecule is O[C@H](COc1cccc(CNCCc2cccnc2)c1)CN1CCOCC1. The fourth-order valence-electron chi connectivity index (χ4n) is 3.08. The third kappa shape index (κ3) is 7.27. The lowest BCUT2D eigenvalue weighted by Crippen LogP contribution is -2.42. The van der Waals surface area contributed by atoms with Gasteiger partial charge < -0.3 is 19.9 Å².